The van der Waals surface area contributed by atoms with Crippen LogP contribution in [0.5, 0.6) is 0 Å². The van der Waals surface area contributed by atoms with Crippen LogP contribution in [0.3, 0.4) is 0 Å². The number of aliphatic carboxylic acids is 1. The lowest BCUT2D eigenvalue weighted by molar-refractivity contribution is -0.144. The molecule has 2 aromatic carbocycles. The Labute approximate surface area is 161 Å². The zero-order valence-electron chi connectivity index (χ0n) is 15.7. The van der Waals surface area contributed by atoms with E-state index in [1.54, 1.807) is 0 Å². The predicted molar refractivity (Wildman–Crippen MR) is 109 cm³/mol. The van der Waals surface area contributed by atoms with Crippen LogP contribution in [0.2, 0.25) is 0 Å². The van der Waals surface area contributed by atoms with E-state index in [0.717, 1.165) is 51.6 Å². The van der Waals surface area contributed by atoms with E-state index in [2.05, 4.69) is 59.5 Å². The van der Waals surface area contributed by atoms with E-state index in [-0.39, 0.29) is 6.04 Å². The molecule has 0 radical (unpaired) electrons. The molecule has 3 nitrogen and oxygen atoms in total. The summed E-state index contributed by atoms with van der Waals surface area (Å²) in [5.74, 6) is -0.674. The number of fused-ring (bicyclic) bond motifs is 2. The van der Waals surface area contributed by atoms with E-state index < -0.39 is 5.97 Å². The number of aryl methyl sites for hydroxylation is 2. The van der Waals surface area contributed by atoms with Crippen molar-refractivity contribution in [1.82, 2.24) is 4.90 Å². The monoisotopic (exact) mass is 361 g/mol. The van der Waals surface area contributed by atoms with Crippen LogP contribution < -0.4 is 0 Å². The number of carboxylic acids is 1. The van der Waals surface area contributed by atoms with Gasteiger partial charge < -0.3 is 5.11 Å². The number of hydrogen-bond acceptors (Lipinski definition) is 2. The van der Waals surface area contributed by atoms with Crippen molar-refractivity contribution in [2.24, 2.45) is 0 Å². The number of nitrogens with zero attached hydrogens (tertiary/aromatic N) is 1. The fourth-order valence-corrected chi connectivity index (χ4v) is 4.55. The minimum absolute atomic E-state index is 0.314. The Morgan fingerprint density at radius 1 is 1.00 bits per heavy atom. The summed E-state index contributed by atoms with van der Waals surface area (Å²) in [6.45, 7) is 1.71. The molecule has 1 saturated heterocycles. The zero-order chi connectivity index (χ0) is 18.6. The molecule has 0 unspecified atom stereocenters. The number of carbonyl (C=O) groups is 1. The molecule has 0 saturated carbocycles. The highest BCUT2D eigenvalue weighted by Crippen LogP contribution is 2.33. The van der Waals surface area contributed by atoms with Crippen molar-refractivity contribution in [1.29, 1.82) is 0 Å². The van der Waals surface area contributed by atoms with Crippen LogP contribution in [0.1, 0.15) is 47.9 Å². The van der Waals surface area contributed by atoms with Gasteiger partial charge >= 0.3 is 5.97 Å². The number of hydrogen-bond donors (Lipinski definition) is 1. The third-order valence-electron chi connectivity index (χ3n) is 5.94. The molecule has 140 valence electrons. The summed E-state index contributed by atoms with van der Waals surface area (Å²) in [5, 5.41) is 9.50. The van der Waals surface area contributed by atoms with E-state index in [9.17, 15) is 9.90 Å². The maximum absolute atomic E-state index is 11.5. The SMILES string of the molecule is O=C(O)[C@@H]1CCCCN1CCC=C1c2ccccc2CCc2ccccc21. The Kier molecular flexibility index (Phi) is 5.40. The first kappa shape index (κ1) is 18.0. The van der Waals surface area contributed by atoms with Crippen LogP contribution >= 0.6 is 0 Å². The lowest BCUT2D eigenvalue weighted by Crippen LogP contribution is -2.44. The summed E-state index contributed by atoms with van der Waals surface area (Å²) < 4.78 is 0. The van der Waals surface area contributed by atoms with Crippen LogP contribution in [-0.2, 0) is 17.6 Å². The molecule has 2 aliphatic rings. The number of likely N-dealkylation sites (tertiary alicyclic amines) is 1. The van der Waals surface area contributed by atoms with Gasteiger partial charge in [-0.3, -0.25) is 9.69 Å². The first-order chi connectivity index (χ1) is 13.2. The first-order valence-electron chi connectivity index (χ1n) is 10.1. The number of carboxylic acid groups (broad SMARTS) is 1. The summed E-state index contributed by atoms with van der Waals surface area (Å²) in [4.78, 5) is 13.7. The van der Waals surface area contributed by atoms with E-state index in [1.165, 1.54) is 27.8 Å². The molecule has 0 amide bonds. The summed E-state index contributed by atoms with van der Waals surface area (Å²) in [6.07, 6.45) is 8.24. The average molecular weight is 361 g/mol. The van der Waals surface area contributed by atoms with E-state index in [1.807, 2.05) is 0 Å². The first-order valence-corrected chi connectivity index (χ1v) is 10.1. The number of rotatable bonds is 4. The van der Waals surface area contributed by atoms with Gasteiger partial charge in [0.2, 0.25) is 0 Å². The van der Waals surface area contributed by atoms with Gasteiger partial charge in [-0.25, -0.2) is 0 Å². The Hall–Kier alpha value is -2.39. The summed E-state index contributed by atoms with van der Waals surface area (Å²) in [6, 6.07) is 17.1. The van der Waals surface area contributed by atoms with Gasteiger partial charge in [0, 0.05) is 6.54 Å². The van der Waals surface area contributed by atoms with Gasteiger partial charge in [0.25, 0.3) is 0 Å². The second-order valence-corrected chi connectivity index (χ2v) is 7.61. The Bertz CT molecular complexity index is 805. The van der Waals surface area contributed by atoms with Crippen LogP contribution in [0, 0.1) is 0 Å². The smallest absolute Gasteiger partial charge is 0.320 e. The minimum atomic E-state index is -0.674. The van der Waals surface area contributed by atoms with Gasteiger partial charge in [-0.2, -0.15) is 0 Å². The molecule has 1 aliphatic heterocycles. The molecule has 2 aromatic rings. The lowest BCUT2D eigenvalue weighted by atomic mass is 9.93. The second-order valence-electron chi connectivity index (χ2n) is 7.61. The normalized spacial score (nSPS) is 19.7. The Morgan fingerprint density at radius 2 is 1.63 bits per heavy atom. The number of benzene rings is 2. The topological polar surface area (TPSA) is 40.5 Å². The third-order valence-corrected chi connectivity index (χ3v) is 5.94. The second kappa shape index (κ2) is 8.10. The molecule has 0 spiro atoms. The van der Waals surface area contributed by atoms with Crippen molar-refractivity contribution in [2.45, 2.75) is 44.6 Å². The predicted octanol–water partition coefficient (Wildman–Crippen LogP) is 4.55. The molecule has 27 heavy (non-hydrogen) atoms. The van der Waals surface area contributed by atoms with Gasteiger partial charge in [-0.1, -0.05) is 61.0 Å². The zero-order valence-corrected chi connectivity index (χ0v) is 15.7. The van der Waals surface area contributed by atoms with E-state index in [0.29, 0.717) is 0 Å². The summed E-state index contributed by atoms with van der Waals surface area (Å²) >= 11 is 0. The fraction of sp³-hybridized carbons (Fsp3) is 0.375. The number of piperidine rings is 1. The van der Waals surface area contributed by atoms with Crippen molar-refractivity contribution >= 4 is 11.5 Å². The van der Waals surface area contributed by atoms with Crippen molar-refractivity contribution in [3.05, 3.63) is 76.9 Å². The van der Waals surface area contributed by atoms with Gasteiger partial charge in [0.05, 0.1) is 0 Å². The lowest BCUT2D eigenvalue weighted by Gasteiger charge is -2.32. The molecular weight excluding hydrogens is 334 g/mol. The van der Waals surface area contributed by atoms with Crippen LogP contribution in [0.4, 0.5) is 0 Å². The largest absolute Gasteiger partial charge is 0.480 e. The standard InChI is InChI=1S/C24H27NO2/c26-24(27)23-13-5-6-16-25(23)17-7-12-22-20-10-3-1-8-18(20)14-15-19-9-2-4-11-21(19)22/h1-4,8-12,23H,5-7,13-17H2,(H,26,27)/t23-/m0/s1. The molecule has 1 fully saturated rings. The molecule has 1 atom stereocenters. The highest BCUT2D eigenvalue weighted by atomic mass is 16.4. The van der Waals surface area contributed by atoms with Crippen molar-refractivity contribution in [3.8, 4) is 0 Å². The van der Waals surface area contributed by atoms with Crippen molar-refractivity contribution in [3.63, 3.8) is 0 Å². The molecule has 1 heterocycles. The quantitative estimate of drug-likeness (QED) is 0.869. The van der Waals surface area contributed by atoms with E-state index in [4.69, 9.17) is 0 Å². The molecule has 1 N–H and O–H groups in total. The van der Waals surface area contributed by atoms with Gasteiger partial charge in [0.1, 0.15) is 6.04 Å². The van der Waals surface area contributed by atoms with Crippen LogP contribution in [0.25, 0.3) is 5.57 Å². The molecule has 3 heteroatoms. The van der Waals surface area contributed by atoms with Gasteiger partial charge in [0.15, 0.2) is 0 Å². The average Bonchev–Trinajstić information content (AvgIpc) is 2.86. The third kappa shape index (κ3) is 3.84. The summed E-state index contributed by atoms with van der Waals surface area (Å²) in [5.41, 5.74) is 6.78. The summed E-state index contributed by atoms with van der Waals surface area (Å²) in [7, 11) is 0. The minimum Gasteiger partial charge on any atom is -0.480 e. The molecule has 0 bridgehead atoms. The van der Waals surface area contributed by atoms with Crippen LogP contribution in [0.15, 0.2) is 54.6 Å². The maximum Gasteiger partial charge on any atom is 0.320 e. The molecule has 0 aromatic heterocycles. The highest BCUT2D eigenvalue weighted by Gasteiger charge is 2.27. The van der Waals surface area contributed by atoms with Crippen molar-refractivity contribution in [2.75, 3.05) is 13.1 Å². The Balaban J connectivity index is 1.61. The molecule has 4 rings (SSSR count). The molecule has 1 aliphatic carbocycles. The maximum atomic E-state index is 11.5. The van der Waals surface area contributed by atoms with Gasteiger partial charge in [-0.05, 0) is 66.5 Å². The van der Waals surface area contributed by atoms with Crippen molar-refractivity contribution < 1.29 is 9.90 Å². The molecular formula is C24H27NO2. The Morgan fingerprint density at radius 3 is 2.26 bits per heavy atom. The highest BCUT2D eigenvalue weighted by molar-refractivity contribution is 5.83. The van der Waals surface area contributed by atoms with Crippen LogP contribution in [-0.4, -0.2) is 35.1 Å². The van der Waals surface area contributed by atoms with E-state index >= 15 is 0 Å². The fourth-order valence-electron chi connectivity index (χ4n) is 4.55. The van der Waals surface area contributed by atoms with Gasteiger partial charge in [-0.15, -0.1) is 0 Å².